The van der Waals surface area contributed by atoms with Crippen LogP contribution in [0, 0.1) is 6.92 Å². The van der Waals surface area contributed by atoms with Gasteiger partial charge in [-0.15, -0.1) is 11.3 Å². The normalized spacial score (nSPS) is 12.8. The van der Waals surface area contributed by atoms with Crippen LogP contribution in [0.3, 0.4) is 0 Å². The Hall–Kier alpha value is -3.72. The molecule has 2 amide bonds. The van der Waals surface area contributed by atoms with Crippen LogP contribution in [0.2, 0.25) is 0 Å². The van der Waals surface area contributed by atoms with Crippen molar-refractivity contribution < 1.29 is 23.9 Å². The molecule has 1 aromatic heterocycles. The van der Waals surface area contributed by atoms with Crippen molar-refractivity contribution in [3.05, 3.63) is 69.7 Å². The lowest BCUT2D eigenvalue weighted by atomic mass is 10.1. The van der Waals surface area contributed by atoms with Crippen molar-refractivity contribution >= 4 is 34.6 Å². The Morgan fingerprint density at radius 1 is 1.21 bits per heavy atom. The predicted octanol–water partition coefficient (Wildman–Crippen LogP) is 3.78. The molecule has 1 aliphatic heterocycles. The van der Waals surface area contributed by atoms with Gasteiger partial charge in [0.1, 0.15) is 22.2 Å². The van der Waals surface area contributed by atoms with E-state index in [1.54, 1.807) is 23.6 Å². The molecule has 8 nitrogen and oxygen atoms in total. The van der Waals surface area contributed by atoms with E-state index in [0.29, 0.717) is 33.5 Å². The fourth-order valence-electron chi connectivity index (χ4n) is 3.37. The number of rotatable bonds is 8. The van der Waals surface area contributed by atoms with Crippen LogP contribution in [0.5, 0.6) is 11.5 Å². The molecule has 2 aromatic carbocycles. The molecule has 0 saturated carbocycles. The lowest BCUT2D eigenvalue weighted by molar-refractivity contribution is -0.121. The molecular weight excluding hydrogens is 454 g/mol. The zero-order valence-corrected chi connectivity index (χ0v) is 20.0. The first kappa shape index (κ1) is 23.4. The van der Waals surface area contributed by atoms with Crippen LogP contribution in [-0.2, 0) is 11.3 Å². The lowest BCUT2D eigenvalue weighted by Gasteiger charge is -2.29. The highest BCUT2D eigenvalue weighted by Gasteiger charge is 2.28. The number of anilines is 1. The number of nitrogens with one attached hydrogen (secondary N) is 1. The maximum Gasteiger partial charge on any atom is 0.270 e. The van der Waals surface area contributed by atoms with E-state index in [4.69, 9.17) is 9.47 Å². The van der Waals surface area contributed by atoms with E-state index in [9.17, 15) is 14.4 Å². The average Bonchev–Trinajstić information content (AvgIpc) is 3.28. The average molecular weight is 480 g/mol. The minimum atomic E-state index is -0.257. The van der Waals surface area contributed by atoms with Crippen LogP contribution in [-0.4, -0.2) is 41.8 Å². The Labute approximate surface area is 201 Å². The lowest BCUT2D eigenvalue weighted by Crippen LogP contribution is -2.38. The minimum absolute atomic E-state index is 0.00343. The second kappa shape index (κ2) is 10.0. The molecule has 0 spiro atoms. The van der Waals surface area contributed by atoms with Gasteiger partial charge in [0.25, 0.3) is 11.8 Å². The number of aromatic nitrogens is 1. The highest BCUT2D eigenvalue weighted by Crippen LogP contribution is 2.34. The fourth-order valence-corrected chi connectivity index (χ4v) is 4.14. The summed E-state index contributed by atoms with van der Waals surface area (Å²) in [5, 5.41) is 5.08. The number of carbonyl (C=O) groups excluding carboxylic acids is 3. The molecule has 9 heteroatoms. The van der Waals surface area contributed by atoms with Crippen molar-refractivity contribution in [1.29, 1.82) is 0 Å². The molecule has 176 valence electrons. The molecule has 0 radical (unpaired) electrons. The van der Waals surface area contributed by atoms with E-state index >= 15 is 0 Å². The molecular formula is C25H25N3O5S. The van der Waals surface area contributed by atoms with Gasteiger partial charge in [-0.1, -0.05) is 17.7 Å². The standard InChI is InChI=1S/C25H25N3O5S/c1-15(2)26-25(31)19-14-34-23(27-19)11-28-20-10-17(6-9-22(20)33-13-24(28)30)21(29)12-32-18-7-4-16(3)5-8-18/h4-10,14-15H,11-13H2,1-3H3,(H,26,31). The van der Waals surface area contributed by atoms with E-state index in [1.807, 2.05) is 45.0 Å². The van der Waals surface area contributed by atoms with Crippen LogP contribution in [0.25, 0.3) is 0 Å². The third-order valence-corrected chi connectivity index (χ3v) is 5.95. The number of Topliss-reactive ketones (excluding diaryl/α,β-unsaturated/α-hetero) is 1. The van der Waals surface area contributed by atoms with Gasteiger partial charge in [-0.2, -0.15) is 0 Å². The Morgan fingerprint density at radius 3 is 2.71 bits per heavy atom. The number of fused-ring (bicyclic) bond motifs is 1. The first-order valence-electron chi connectivity index (χ1n) is 10.9. The number of hydrogen-bond donors (Lipinski definition) is 1. The third kappa shape index (κ3) is 5.43. The van der Waals surface area contributed by atoms with Gasteiger partial charge >= 0.3 is 0 Å². The second-order valence-corrected chi connectivity index (χ2v) is 9.17. The number of thiazole rings is 1. The summed E-state index contributed by atoms with van der Waals surface area (Å²) in [6.45, 7) is 5.66. The molecule has 0 bridgehead atoms. The van der Waals surface area contributed by atoms with Crippen LogP contribution in [0.4, 0.5) is 5.69 Å². The van der Waals surface area contributed by atoms with Crippen molar-refractivity contribution in [2.45, 2.75) is 33.4 Å². The zero-order chi connectivity index (χ0) is 24.2. The number of aryl methyl sites for hydroxylation is 1. The Morgan fingerprint density at radius 2 is 1.97 bits per heavy atom. The summed E-state index contributed by atoms with van der Waals surface area (Å²) < 4.78 is 11.2. The minimum Gasteiger partial charge on any atom is -0.485 e. The summed E-state index contributed by atoms with van der Waals surface area (Å²) in [5.41, 5.74) is 2.31. The van der Waals surface area contributed by atoms with Gasteiger partial charge in [0.2, 0.25) is 0 Å². The van der Waals surface area contributed by atoms with Crippen molar-refractivity contribution in [3.63, 3.8) is 0 Å². The van der Waals surface area contributed by atoms with Gasteiger partial charge in [-0.05, 0) is 51.1 Å². The van der Waals surface area contributed by atoms with E-state index in [0.717, 1.165) is 5.56 Å². The summed E-state index contributed by atoms with van der Waals surface area (Å²) >= 11 is 1.30. The summed E-state index contributed by atoms with van der Waals surface area (Å²) in [4.78, 5) is 43.5. The summed E-state index contributed by atoms with van der Waals surface area (Å²) in [7, 11) is 0. The van der Waals surface area contributed by atoms with Crippen molar-refractivity contribution in [1.82, 2.24) is 10.3 Å². The molecule has 0 fully saturated rings. The first-order chi connectivity index (χ1) is 16.3. The van der Waals surface area contributed by atoms with Crippen molar-refractivity contribution in [2.75, 3.05) is 18.1 Å². The van der Waals surface area contributed by atoms with E-state index in [2.05, 4.69) is 10.3 Å². The van der Waals surface area contributed by atoms with Crippen molar-refractivity contribution in [2.24, 2.45) is 0 Å². The van der Waals surface area contributed by atoms with E-state index in [1.165, 1.54) is 16.2 Å². The molecule has 2 heterocycles. The van der Waals surface area contributed by atoms with Crippen LogP contribution in [0.15, 0.2) is 47.8 Å². The maximum atomic E-state index is 12.8. The number of benzene rings is 2. The molecule has 4 rings (SSSR count). The first-order valence-corrected chi connectivity index (χ1v) is 11.7. The highest BCUT2D eigenvalue weighted by molar-refractivity contribution is 7.09. The largest absolute Gasteiger partial charge is 0.485 e. The van der Waals surface area contributed by atoms with Crippen LogP contribution >= 0.6 is 11.3 Å². The summed E-state index contributed by atoms with van der Waals surface area (Å²) in [6, 6.07) is 12.4. The van der Waals surface area contributed by atoms with Gasteiger partial charge in [-0.3, -0.25) is 19.3 Å². The van der Waals surface area contributed by atoms with Gasteiger partial charge in [0.05, 0.1) is 12.2 Å². The summed E-state index contributed by atoms with van der Waals surface area (Å²) in [6.07, 6.45) is 0. The molecule has 0 aliphatic carbocycles. The van der Waals surface area contributed by atoms with Gasteiger partial charge in [0.15, 0.2) is 19.0 Å². The Bertz CT molecular complexity index is 1220. The van der Waals surface area contributed by atoms with E-state index in [-0.39, 0.29) is 43.4 Å². The molecule has 34 heavy (non-hydrogen) atoms. The van der Waals surface area contributed by atoms with Gasteiger partial charge in [0, 0.05) is 17.0 Å². The zero-order valence-electron chi connectivity index (χ0n) is 19.2. The highest BCUT2D eigenvalue weighted by atomic mass is 32.1. The van der Waals surface area contributed by atoms with Gasteiger partial charge in [-0.25, -0.2) is 4.98 Å². The van der Waals surface area contributed by atoms with Crippen molar-refractivity contribution in [3.8, 4) is 11.5 Å². The topological polar surface area (TPSA) is 97.8 Å². The smallest absolute Gasteiger partial charge is 0.270 e. The third-order valence-electron chi connectivity index (χ3n) is 5.11. The molecule has 0 saturated heterocycles. The maximum absolute atomic E-state index is 12.8. The SMILES string of the molecule is Cc1ccc(OCC(=O)c2ccc3c(c2)N(Cc2nc(C(=O)NC(C)C)cs2)C(=O)CO3)cc1. The number of nitrogens with zero attached hydrogens (tertiary/aromatic N) is 2. The van der Waals surface area contributed by atoms with Crippen LogP contribution in [0.1, 0.15) is 45.3 Å². The molecule has 0 unspecified atom stereocenters. The quantitative estimate of drug-likeness (QED) is 0.494. The van der Waals surface area contributed by atoms with Gasteiger partial charge < -0.3 is 14.8 Å². The number of carbonyl (C=O) groups is 3. The number of ketones is 1. The number of amides is 2. The second-order valence-electron chi connectivity index (χ2n) is 8.23. The molecule has 1 aliphatic rings. The molecule has 3 aromatic rings. The number of hydrogen-bond acceptors (Lipinski definition) is 7. The monoisotopic (exact) mass is 479 g/mol. The van der Waals surface area contributed by atoms with Crippen LogP contribution < -0.4 is 19.7 Å². The Balaban J connectivity index is 1.50. The Kier molecular flexibility index (Phi) is 6.93. The van der Waals surface area contributed by atoms with E-state index < -0.39 is 0 Å². The summed E-state index contributed by atoms with van der Waals surface area (Å²) in [5.74, 6) is 0.385. The molecule has 1 N–H and O–H groups in total. The predicted molar refractivity (Wildman–Crippen MR) is 129 cm³/mol. The molecule has 0 atom stereocenters. The number of ether oxygens (including phenoxy) is 2. The fraction of sp³-hybridized carbons (Fsp3) is 0.280.